The number of hydrogen-bond acceptors (Lipinski definition) is 2. The summed E-state index contributed by atoms with van der Waals surface area (Å²) in [6, 6.07) is 5.90. The van der Waals surface area contributed by atoms with Crippen LogP contribution in [0, 0.1) is 0 Å². The molecule has 0 aliphatic rings. The molecule has 4 heteroatoms. The quantitative estimate of drug-likeness (QED) is 0.439. The molecule has 0 bridgehead atoms. The number of methoxy groups -OCH3 is 1. The van der Waals surface area contributed by atoms with E-state index in [1.807, 2.05) is 6.07 Å². The van der Waals surface area contributed by atoms with Crippen molar-refractivity contribution >= 4 is 27.9 Å². The van der Waals surface area contributed by atoms with E-state index in [0.717, 1.165) is 0 Å². The van der Waals surface area contributed by atoms with Crippen molar-refractivity contribution in [2.45, 2.75) is 72.6 Å². The first-order chi connectivity index (χ1) is 11.6. The van der Waals surface area contributed by atoms with Crippen molar-refractivity contribution in [3.63, 3.8) is 0 Å². The zero-order chi connectivity index (χ0) is 18.0. The Morgan fingerprint density at radius 3 is 1.88 bits per heavy atom. The summed E-state index contributed by atoms with van der Waals surface area (Å²) in [6.07, 6.45) is 7.22. The summed E-state index contributed by atoms with van der Waals surface area (Å²) in [4.78, 5) is 12.0. The topological polar surface area (TPSA) is 46.5 Å². The average molecular weight is 441 g/mol. The van der Waals surface area contributed by atoms with Crippen LogP contribution in [0.25, 0.3) is 0 Å². The van der Waals surface area contributed by atoms with Gasteiger partial charge in [-0.15, -0.1) is 0 Å². The predicted octanol–water partition coefficient (Wildman–Crippen LogP) is 5.45. The number of carboxylic acid groups (broad SMARTS) is 1. The molecule has 1 aromatic rings. The zero-order valence-electron chi connectivity index (χ0n) is 15.9. The van der Waals surface area contributed by atoms with Gasteiger partial charge < -0.3 is 0 Å². The molecule has 1 rings (SSSR count). The van der Waals surface area contributed by atoms with Gasteiger partial charge in [0.2, 0.25) is 0 Å². The number of carbonyl (C=O) groups is 1. The van der Waals surface area contributed by atoms with Gasteiger partial charge in [0.05, 0.1) is 0 Å². The number of rotatable bonds is 12. The summed E-state index contributed by atoms with van der Waals surface area (Å²) in [6.45, 7) is 6.71. The van der Waals surface area contributed by atoms with Crippen molar-refractivity contribution in [1.82, 2.24) is 0 Å². The number of hydrogen-bond donors (Lipinski definition) is 1. The van der Waals surface area contributed by atoms with Gasteiger partial charge in [-0.1, -0.05) is 0 Å². The molecular formula is C20H34O3Sn. The molecule has 0 saturated carbocycles. The molecule has 24 heavy (non-hydrogen) atoms. The maximum atomic E-state index is 12.0. The van der Waals surface area contributed by atoms with Gasteiger partial charge in [-0.3, -0.25) is 0 Å². The van der Waals surface area contributed by atoms with Crippen LogP contribution in [0.5, 0.6) is 5.75 Å². The fraction of sp³-hybridized carbons (Fsp3) is 0.650. The van der Waals surface area contributed by atoms with Gasteiger partial charge in [-0.25, -0.2) is 0 Å². The van der Waals surface area contributed by atoms with E-state index in [2.05, 4.69) is 26.8 Å². The van der Waals surface area contributed by atoms with Crippen LogP contribution in [0.3, 0.4) is 0 Å². The van der Waals surface area contributed by atoms with Crippen molar-refractivity contribution in [2.75, 3.05) is 7.11 Å². The number of benzene rings is 1. The molecule has 0 saturated heterocycles. The summed E-state index contributed by atoms with van der Waals surface area (Å²) < 4.78 is 10.4. The van der Waals surface area contributed by atoms with Gasteiger partial charge in [0.25, 0.3) is 0 Å². The van der Waals surface area contributed by atoms with Crippen LogP contribution in [0.4, 0.5) is 0 Å². The number of ether oxygens (including phenoxy) is 1. The second-order valence-corrected chi connectivity index (χ2v) is 19.9. The van der Waals surface area contributed by atoms with Gasteiger partial charge in [0.1, 0.15) is 0 Å². The van der Waals surface area contributed by atoms with Crippen LogP contribution in [-0.2, 0) is 0 Å². The molecule has 0 fully saturated rings. The van der Waals surface area contributed by atoms with Crippen LogP contribution in [-0.4, -0.2) is 36.6 Å². The number of carboxylic acids is 1. The molecule has 0 aliphatic heterocycles. The molecule has 0 atom stereocenters. The van der Waals surface area contributed by atoms with Crippen molar-refractivity contribution in [3.8, 4) is 5.75 Å². The van der Waals surface area contributed by atoms with Crippen LogP contribution >= 0.6 is 0 Å². The Balaban J connectivity index is 3.46. The Morgan fingerprint density at radius 2 is 1.50 bits per heavy atom. The van der Waals surface area contributed by atoms with Gasteiger partial charge in [0.15, 0.2) is 0 Å². The van der Waals surface area contributed by atoms with Gasteiger partial charge >= 0.3 is 152 Å². The second kappa shape index (κ2) is 11.0. The van der Waals surface area contributed by atoms with E-state index < -0.39 is 24.3 Å². The molecule has 0 heterocycles. The average Bonchev–Trinajstić information content (AvgIpc) is 2.60. The molecule has 3 nitrogen and oxygen atoms in total. The Hall–Kier alpha value is -0.711. The second-order valence-electron chi connectivity index (χ2n) is 6.78. The molecule has 136 valence electrons. The zero-order valence-corrected chi connectivity index (χ0v) is 18.7. The van der Waals surface area contributed by atoms with Crippen molar-refractivity contribution < 1.29 is 14.6 Å². The normalized spacial score (nSPS) is 11.5. The third kappa shape index (κ3) is 5.40. The summed E-state index contributed by atoms with van der Waals surface area (Å²) in [5, 5.41) is 9.87. The predicted molar refractivity (Wildman–Crippen MR) is 104 cm³/mol. The number of unbranched alkanes of at least 4 members (excludes halogenated alkanes) is 3. The van der Waals surface area contributed by atoms with Crippen LogP contribution in [0.2, 0.25) is 13.3 Å². The Morgan fingerprint density at radius 1 is 1.00 bits per heavy atom. The molecule has 0 spiro atoms. The van der Waals surface area contributed by atoms with Crippen LogP contribution in [0.15, 0.2) is 18.2 Å². The summed E-state index contributed by atoms with van der Waals surface area (Å²) >= 11 is -2.77. The Kier molecular flexibility index (Phi) is 9.79. The minimum absolute atomic E-state index is 0.458. The first-order valence-electron chi connectivity index (χ1n) is 9.47. The van der Waals surface area contributed by atoms with E-state index in [0.29, 0.717) is 11.3 Å². The fourth-order valence-electron chi connectivity index (χ4n) is 3.69. The summed E-state index contributed by atoms with van der Waals surface area (Å²) in [5.41, 5.74) is 0.458. The molecule has 0 unspecified atom stereocenters. The van der Waals surface area contributed by atoms with Crippen molar-refractivity contribution in [3.05, 3.63) is 23.8 Å². The van der Waals surface area contributed by atoms with E-state index in [4.69, 9.17) is 4.74 Å². The summed E-state index contributed by atoms with van der Waals surface area (Å²) in [7, 11) is 1.58. The molecule has 0 aromatic heterocycles. The molecule has 1 N–H and O–H groups in total. The van der Waals surface area contributed by atoms with E-state index in [-0.39, 0.29) is 0 Å². The van der Waals surface area contributed by atoms with Gasteiger partial charge in [-0.05, 0) is 0 Å². The maximum absolute atomic E-state index is 12.0. The standard InChI is InChI=1S/C8H7O3.3C4H9.Sn/c1-11-7-5-3-2-4-6(7)8(9)10;3*1-3-4-2;/h2-3,5H,1H3,(H,9,10);3*1,3-4H2,2H3;. The summed E-state index contributed by atoms with van der Waals surface area (Å²) in [5.74, 6) is -0.293. The van der Waals surface area contributed by atoms with E-state index >= 15 is 0 Å². The third-order valence-electron chi connectivity index (χ3n) is 5.06. The van der Waals surface area contributed by atoms with Crippen LogP contribution in [0.1, 0.15) is 69.7 Å². The molecule has 0 amide bonds. The number of aromatic carboxylic acids is 1. The van der Waals surface area contributed by atoms with E-state index in [1.54, 1.807) is 13.2 Å². The first-order valence-corrected chi connectivity index (χ1v) is 16.9. The van der Waals surface area contributed by atoms with Gasteiger partial charge in [-0.2, -0.15) is 0 Å². The molecular weight excluding hydrogens is 407 g/mol. The Bertz CT molecular complexity index is 492. The van der Waals surface area contributed by atoms with E-state index in [1.165, 1.54) is 55.4 Å². The fourth-order valence-corrected chi connectivity index (χ4v) is 20.4. The monoisotopic (exact) mass is 442 g/mol. The van der Waals surface area contributed by atoms with Crippen LogP contribution < -0.4 is 8.32 Å². The van der Waals surface area contributed by atoms with Crippen molar-refractivity contribution in [1.29, 1.82) is 0 Å². The van der Waals surface area contributed by atoms with E-state index in [9.17, 15) is 9.90 Å². The SMILES string of the molecule is CCC[CH2][Sn]([CH2]CCC)([CH2]CCC)[c]1cccc(OC)c1C(=O)O. The minimum atomic E-state index is -2.77. The van der Waals surface area contributed by atoms with Crippen molar-refractivity contribution in [2.24, 2.45) is 0 Å². The molecule has 1 aromatic carbocycles. The van der Waals surface area contributed by atoms with Gasteiger partial charge in [0, 0.05) is 0 Å². The molecule has 0 aliphatic carbocycles. The third-order valence-corrected chi connectivity index (χ3v) is 20.7. The first kappa shape index (κ1) is 21.3. The molecule has 0 radical (unpaired) electrons. The Labute approximate surface area is 151 Å².